The Hall–Kier alpha value is -1.63. The maximum atomic E-state index is 11.3. The number of nitrogens with zero attached hydrogens (tertiary/aromatic N) is 1. The van der Waals surface area contributed by atoms with Gasteiger partial charge >= 0.3 is 5.97 Å². The first-order chi connectivity index (χ1) is 11.1. The largest absolute Gasteiger partial charge is 0.491 e. The van der Waals surface area contributed by atoms with Crippen LogP contribution < -0.4 is 4.74 Å². The van der Waals surface area contributed by atoms with Crippen molar-refractivity contribution in [3.05, 3.63) is 29.8 Å². The number of methoxy groups -OCH3 is 1. The first-order valence-corrected chi connectivity index (χ1v) is 7.98. The molecule has 23 heavy (non-hydrogen) atoms. The van der Waals surface area contributed by atoms with Crippen LogP contribution in [-0.4, -0.2) is 66.6 Å². The van der Waals surface area contributed by atoms with E-state index in [-0.39, 0.29) is 19.3 Å². The van der Waals surface area contributed by atoms with Crippen molar-refractivity contribution in [2.45, 2.75) is 31.4 Å². The highest BCUT2D eigenvalue weighted by Crippen LogP contribution is 2.17. The van der Waals surface area contributed by atoms with Crippen LogP contribution in [0.3, 0.4) is 0 Å². The minimum atomic E-state index is -0.623. The number of aliphatic hydroxyl groups is 2. The SMILES string of the molecule is COC(=O)c1ccc(OC[C@@H](O)CN2CCCC[C@H]2CO)cc1. The molecule has 0 aliphatic carbocycles. The van der Waals surface area contributed by atoms with Crippen LogP contribution in [0.5, 0.6) is 5.75 Å². The summed E-state index contributed by atoms with van der Waals surface area (Å²) in [5, 5.41) is 19.5. The second kappa shape index (κ2) is 8.86. The number of benzene rings is 1. The predicted octanol–water partition coefficient (Wildman–Crippen LogP) is 1.06. The van der Waals surface area contributed by atoms with E-state index in [1.807, 2.05) is 0 Å². The second-order valence-corrected chi connectivity index (χ2v) is 5.81. The van der Waals surface area contributed by atoms with Crippen LogP contribution in [0.15, 0.2) is 24.3 Å². The van der Waals surface area contributed by atoms with Crippen LogP contribution in [0.25, 0.3) is 0 Å². The maximum Gasteiger partial charge on any atom is 0.337 e. The zero-order valence-corrected chi connectivity index (χ0v) is 13.5. The highest BCUT2D eigenvalue weighted by atomic mass is 16.5. The Morgan fingerprint density at radius 1 is 1.35 bits per heavy atom. The summed E-state index contributed by atoms with van der Waals surface area (Å²) in [5.74, 6) is 0.200. The highest BCUT2D eigenvalue weighted by molar-refractivity contribution is 5.89. The van der Waals surface area contributed by atoms with E-state index in [9.17, 15) is 15.0 Å². The van der Waals surface area contributed by atoms with E-state index in [0.717, 1.165) is 25.8 Å². The zero-order chi connectivity index (χ0) is 16.7. The van der Waals surface area contributed by atoms with Gasteiger partial charge in [-0.25, -0.2) is 4.79 Å². The lowest BCUT2D eigenvalue weighted by Gasteiger charge is -2.35. The quantitative estimate of drug-likeness (QED) is 0.731. The molecule has 0 bridgehead atoms. The summed E-state index contributed by atoms with van der Waals surface area (Å²) in [5.41, 5.74) is 0.458. The summed E-state index contributed by atoms with van der Waals surface area (Å²) < 4.78 is 10.2. The van der Waals surface area contributed by atoms with Gasteiger partial charge < -0.3 is 19.7 Å². The number of rotatable bonds is 7. The zero-order valence-electron chi connectivity index (χ0n) is 13.5. The number of likely N-dealkylation sites (tertiary alicyclic amines) is 1. The minimum absolute atomic E-state index is 0.128. The number of hydrogen-bond acceptors (Lipinski definition) is 6. The molecule has 0 spiro atoms. The molecule has 1 fully saturated rings. The fourth-order valence-corrected chi connectivity index (χ4v) is 2.83. The Morgan fingerprint density at radius 2 is 2.09 bits per heavy atom. The first kappa shape index (κ1) is 17.7. The fraction of sp³-hybridized carbons (Fsp3) is 0.588. The van der Waals surface area contributed by atoms with E-state index >= 15 is 0 Å². The van der Waals surface area contributed by atoms with Gasteiger partial charge in [-0.2, -0.15) is 0 Å². The van der Waals surface area contributed by atoms with Gasteiger partial charge in [0.1, 0.15) is 18.5 Å². The van der Waals surface area contributed by atoms with Crippen molar-refractivity contribution in [2.24, 2.45) is 0 Å². The molecule has 6 heteroatoms. The molecule has 2 rings (SSSR count). The second-order valence-electron chi connectivity index (χ2n) is 5.81. The number of aliphatic hydroxyl groups excluding tert-OH is 2. The number of piperidine rings is 1. The van der Waals surface area contributed by atoms with Gasteiger partial charge in [-0.3, -0.25) is 4.90 Å². The van der Waals surface area contributed by atoms with Crippen molar-refractivity contribution in [3.8, 4) is 5.75 Å². The van der Waals surface area contributed by atoms with Gasteiger partial charge in [0, 0.05) is 12.6 Å². The smallest absolute Gasteiger partial charge is 0.337 e. The average molecular weight is 323 g/mol. The van der Waals surface area contributed by atoms with Crippen molar-refractivity contribution in [3.63, 3.8) is 0 Å². The Kier molecular flexibility index (Phi) is 6.83. The molecular formula is C17H25NO5. The molecule has 0 saturated carbocycles. The van der Waals surface area contributed by atoms with Crippen LogP contribution in [0.1, 0.15) is 29.6 Å². The molecule has 1 aliphatic heterocycles. The Bertz CT molecular complexity index is 490. The van der Waals surface area contributed by atoms with E-state index < -0.39 is 12.1 Å². The number of carbonyl (C=O) groups is 1. The molecule has 0 amide bonds. The predicted molar refractivity (Wildman–Crippen MR) is 85.6 cm³/mol. The van der Waals surface area contributed by atoms with Gasteiger partial charge in [0.05, 0.1) is 19.3 Å². The van der Waals surface area contributed by atoms with Crippen molar-refractivity contribution in [2.75, 3.05) is 33.4 Å². The number of esters is 1. The standard InChI is InChI=1S/C17H25NO5/c1-22-17(21)13-5-7-16(8-6-13)23-12-15(20)10-18-9-3-2-4-14(18)11-19/h5-8,14-15,19-20H,2-4,9-12H2,1H3/t14-,15-/m0/s1. The third kappa shape index (κ3) is 5.20. The van der Waals surface area contributed by atoms with E-state index in [1.54, 1.807) is 24.3 Å². The maximum absolute atomic E-state index is 11.3. The van der Waals surface area contributed by atoms with E-state index in [1.165, 1.54) is 7.11 Å². The Labute approximate surface area is 136 Å². The van der Waals surface area contributed by atoms with Gasteiger partial charge in [-0.05, 0) is 43.7 Å². The summed E-state index contributed by atoms with van der Waals surface area (Å²) >= 11 is 0. The molecule has 0 unspecified atom stereocenters. The van der Waals surface area contributed by atoms with Crippen LogP contribution >= 0.6 is 0 Å². The van der Waals surface area contributed by atoms with E-state index in [4.69, 9.17) is 4.74 Å². The van der Waals surface area contributed by atoms with Crippen molar-refractivity contribution < 1.29 is 24.5 Å². The molecule has 0 radical (unpaired) electrons. The number of carbonyl (C=O) groups excluding carboxylic acids is 1. The van der Waals surface area contributed by atoms with Crippen LogP contribution in [0.2, 0.25) is 0 Å². The van der Waals surface area contributed by atoms with Crippen LogP contribution in [0.4, 0.5) is 0 Å². The third-order valence-corrected chi connectivity index (χ3v) is 4.12. The Balaban J connectivity index is 1.79. The number of hydrogen-bond donors (Lipinski definition) is 2. The van der Waals surface area contributed by atoms with Crippen molar-refractivity contribution in [1.29, 1.82) is 0 Å². The number of ether oxygens (including phenoxy) is 2. The third-order valence-electron chi connectivity index (χ3n) is 4.12. The Morgan fingerprint density at radius 3 is 2.74 bits per heavy atom. The van der Waals surface area contributed by atoms with Gasteiger partial charge in [0.25, 0.3) is 0 Å². The summed E-state index contributed by atoms with van der Waals surface area (Å²) in [6.07, 6.45) is 2.57. The molecule has 1 heterocycles. The molecular weight excluding hydrogens is 298 g/mol. The van der Waals surface area contributed by atoms with Crippen molar-refractivity contribution in [1.82, 2.24) is 4.90 Å². The van der Waals surface area contributed by atoms with Gasteiger partial charge in [-0.15, -0.1) is 0 Å². The summed E-state index contributed by atoms with van der Waals surface area (Å²) in [7, 11) is 1.34. The van der Waals surface area contributed by atoms with Gasteiger partial charge in [0.2, 0.25) is 0 Å². The van der Waals surface area contributed by atoms with E-state index in [2.05, 4.69) is 9.64 Å². The number of β-amino-alcohol motifs (C(OH)–C–C–N with tert-alkyl or cyclic N) is 1. The molecule has 1 aromatic rings. The van der Waals surface area contributed by atoms with Crippen LogP contribution in [-0.2, 0) is 4.74 Å². The first-order valence-electron chi connectivity index (χ1n) is 7.98. The lowest BCUT2D eigenvalue weighted by Crippen LogP contribution is -2.46. The normalized spacial score (nSPS) is 20.0. The minimum Gasteiger partial charge on any atom is -0.491 e. The molecule has 6 nitrogen and oxygen atoms in total. The highest BCUT2D eigenvalue weighted by Gasteiger charge is 2.23. The average Bonchev–Trinajstić information content (AvgIpc) is 2.60. The molecule has 1 saturated heterocycles. The molecule has 128 valence electrons. The summed E-state index contributed by atoms with van der Waals surface area (Å²) in [6, 6.07) is 6.74. The summed E-state index contributed by atoms with van der Waals surface area (Å²) in [4.78, 5) is 13.5. The molecule has 2 N–H and O–H groups in total. The van der Waals surface area contributed by atoms with E-state index in [0.29, 0.717) is 17.9 Å². The summed E-state index contributed by atoms with van der Waals surface area (Å²) in [6.45, 7) is 1.69. The van der Waals surface area contributed by atoms with Gasteiger partial charge in [0.15, 0.2) is 0 Å². The molecule has 0 aromatic heterocycles. The lowest BCUT2D eigenvalue weighted by atomic mass is 10.0. The lowest BCUT2D eigenvalue weighted by molar-refractivity contribution is 0.0232. The topological polar surface area (TPSA) is 79.2 Å². The molecule has 1 aliphatic rings. The monoisotopic (exact) mass is 323 g/mol. The molecule has 1 aromatic carbocycles. The fourth-order valence-electron chi connectivity index (χ4n) is 2.83. The van der Waals surface area contributed by atoms with Crippen molar-refractivity contribution >= 4 is 5.97 Å². The van der Waals surface area contributed by atoms with Crippen LogP contribution in [0, 0.1) is 0 Å². The molecule has 2 atom stereocenters. The van der Waals surface area contributed by atoms with Gasteiger partial charge in [-0.1, -0.05) is 6.42 Å².